The minimum absolute atomic E-state index is 0.0131. The summed E-state index contributed by atoms with van der Waals surface area (Å²) < 4.78 is 0. The van der Waals surface area contributed by atoms with E-state index in [2.05, 4.69) is 47.5 Å². The summed E-state index contributed by atoms with van der Waals surface area (Å²) in [7, 11) is 0. The summed E-state index contributed by atoms with van der Waals surface area (Å²) in [5.41, 5.74) is 33.7. The second kappa shape index (κ2) is 36.8. The van der Waals surface area contributed by atoms with Crippen LogP contribution < -0.4 is 76.9 Å². The number of benzene rings is 1. The molecule has 1 aromatic rings. The van der Waals surface area contributed by atoms with E-state index in [0.717, 1.165) is 0 Å². The first-order valence-electron chi connectivity index (χ1n) is 25.5. The molecule has 0 saturated carbocycles. The van der Waals surface area contributed by atoms with E-state index in [1.165, 1.54) is 11.8 Å². The van der Waals surface area contributed by atoms with Crippen LogP contribution in [-0.2, 0) is 59.2 Å². The first-order valence-corrected chi connectivity index (χ1v) is 26.9. The largest absolute Gasteiger partial charge is 0.480 e. The SMILES string of the molecule is CSCCC(NC(=O)C(N)CC(N)=O)C(=O)NCC(=O)NC(CC(C)C)C(=O)NC(CCCCN)C(=O)NC(Cc1ccccc1)C(=O)NC(CCCN=C(N)N)C(=O)NC(CCC(N)=O)C(=O)NC(CC(C)C)C(=O)O. The van der Waals surface area contributed by atoms with Gasteiger partial charge in [-0.3, -0.25) is 52.9 Å². The van der Waals surface area contributed by atoms with Gasteiger partial charge in [-0.1, -0.05) is 58.0 Å². The molecule has 8 unspecified atom stereocenters. The lowest BCUT2D eigenvalue weighted by molar-refractivity contribution is -0.143. The van der Waals surface area contributed by atoms with Gasteiger partial charge in [-0.15, -0.1) is 0 Å². The number of carboxylic acid groups (broad SMARTS) is 1. The lowest BCUT2D eigenvalue weighted by Gasteiger charge is -2.28. The molecule has 432 valence electrons. The quantitative estimate of drug-likeness (QED) is 0.0172. The van der Waals surface area contributed by atoms with Crippen molar-refractivity contribution in [3.05, 3.63) is 35.9 Å². The molecule has 0 saturated heterocycles. The number of hydrogen-bond donors (Lipinski definition) is 15. The highest BCUT2D eigenvalue weighted by atomic mass is 32.2. The second-order valence-electron chi connectivity index (χ2n) is 19.3. The molecule has 27 nitrogen and oxygen atoms in total. The average molecular weight is 1110 g/mol. The first kappa shape index (κ1) is 67.9. The Morgan fingerprint density at radius 3 is 1.56 bits per heavy atom. The van der Waals surface area contributed by atoms with Crippen LogP contribution in [0.1, 0.15) is 104 Å². The van der Waals surface area contributed by atoms with Crippen LogP contribution in [0.3, 0.4) is 0 Å². The monoisotopic (exact) mass is 1110 g/mol. The Kier molecular flexibility index (Phi) is 32.5. The van der Waals surface area contributed by atoms with Gasteiger partial charge in [0.25, 0.3) is 0 Å². The highest BCUT2D eigenvalue weighted by Gasteiger charge is 2.34. The Morgan fingerprint density at radius 1 is 0.571 bits per heavy atom. The van der Waals surface area contributed by atoms with Crippen molar-refractivity contribution in [3.8, 4) is 0 Å². The fourth-order valence-electron chi connectivity index (χ4n) is 7.53. The molecule has 0 spiro atoms. The zero-order chi connectivity index (χ0) is 58.2. The van der Waals surface area contributed by atoms with Gasteiger partial charge in [-0.2, -0.15) is 11.8 Å². The number of amides is 10. The lowest BCUT2D eigenvalue weighted by atomic mass is 10.0. The van der Waals surface area contributed by atoms with E-state index < -0.39 is 126 Å². The summed E-state index contributed by atoms with van der Waals surface area (Å²) in [4.78, 5) is 149. The molecule has 0 bridgehead atoms. The lowest BCUT2D eigenvalue weighted by Crippen LogP contribution is -2.60. The predicted molar refractivity (Wildman–Crippen MR) is 289 cm³/mol. The molecule has 0 aliphatic carbocycles. The van der Waals surface area contributed by atoms with Crippen LogP contribution in [0.25, 0.3) is 0 Å². The molecule has 77 heavy (non-hydrogen) atoms. The van der Waals surface area contributed by atoms with E-state index in [4.69, 9.17) is 34.4 Å². The van der Waals surface area contributed by atoms with Crippen LogP contribution in [0.4, 0.5) is 0 Å². The number of aliphatic imine (C=N–C) groups is 1. The van der Waals surface area contributed by atoms with Gasteiger partial charge >= 0.3 is 5.97 Å². The Labute approximate surface area is 453 Å². The van der Waals surface area contributed by atoms with E-state index >= 15 is 0 Å². The number of guanidine groups is 1. The standard InChI is InChI=1S/C49H83N15O12S/c1-27(2)22-35(58-40(67)26-57-42(69)34(18-21-77-5)59-41(68)30(51)25-39(53)66)46(73)60-31(14-9-10-19-50)44(71)63-36(24-29-12-7-6-8-13-29)47(74)61-32(15-11-20-56-49(54)55)43(70)62-33(16-17-38(52)65)45(72)64-37(48(75)76)23-28(3)4/h6-8,12-13,27-28,30-37H,9-11,14-26,50-51H2,1-5H3,(H2,52,65)(H2,53,66)(H,57,69)(H,58,67)(H,59,68)(H,60,73)(H,61,74)(H,62,70)(H,63,71)(H,64,72)(H,75,76)(H4,54,55,56). The maximum atomic E-state index is 14.5. The molecular weight excluding hydrogens is 1020 g/mol. The van der Waals surface area contributed by atoms with Gasteiger partial charge in [0.2, 0.25) is 59.1 Å². The van der Waals surface area contributed by atoms with Crippen LogP contribution >= 0.6 is 11.8 Å². The number of nitrogens with one attached hydrogen (secondary N) is 8. The Balaban J connectivity index is 3.55. The van der Waals surface area contributed by atoms with Gasteiger partial charge in [0.1, 0.15) is 42.3 Å². The number of nitrogens with two attached hydrogens (primary N) is 6. The van der Waals surface area contributed by atoms with Crippen molar-refractivity contribution in [1.82, 2.24) is 42.5 Å². The molecule has 0 aliphatic heterocycles. The van der Waals surface area contributed by atoms with Gasteiger partial charge in [0.15, 0.2) is 5.96 Å². The van der Waals surface area contributed by atoms with E-state index in [9.17, 15) is 57.8 Å². The second-order valence-corrected chi connectivity index (χ2v) is 20.3. The fourth-order valence-corrected chi connectivity index (χ4v) is 8.01. The Hall–Kier alpha value is -7.07. The number of carbonyl (C=O) groups is 11. The summed E-state index contributed by atoms with van der Waals surface area (Å²) in [5.74, 6) is -9.68. The van der Waals surface area contributed by atoms with Crippen LogP contribution in [0, 0.1) is 11.8 Å². The van der Waals surface area contributed by atoms with Gasteiger partial charge < -0.3 is 82.0 Å². The number of aliphatic carboxylic acids is 1. The maximum absolute atomic E-state index is 14.5. The number of thioether (sulfide) groups is 1. The van der Waals surface area contributed by atoms with Crippen molar-refractivity contribution < 1.29 is 57.8 Å². The summed E-state index contributed by atoms with van der Waals surface area (Å²) in [6.45, 7) is 6.73. The number of carbonyl (C=O) groups excluding carboxylic acids is 10. The first-order chi connectivity index (χ1) is 36.3. The molecular formula is C49H83N15O12S. The van der Waals surface area contributed by atoms with Crippen molar-refractivity contribution >= 4 is 82.8 Å². The van der Waals surface area contributed by atoms with Gasteiger partial charge in [0.05, 0.1) is 19.0 Å². The summed E-state index contributed by atoms with van der Waals surface area (Å²) >= 11 is 1.39. The third kappa shape index (κ3) is 29.1. The van der Waals surface area contributed by atoms with Crippen molar-refractivity contribution in [1.29, 1.82) is 0 Å². The topological polar surface area (TPSA) is 473 Å². The van der Waals surface area contributed by atoms with Crippen molar-refractivity contribution in [2.75, 3.05) is 31.6 Å². The molecule has 0 radical (unpaired) electrons. The highest BCUT2D eigenvalue weighted by Crippen LogP contribution is 2.12. The van der Waals surface area contributed by atoms with Gasteiger partial charge in [-0.05, 0) is 93.7 Å². The number of unbranched alkanes of at least 4 members (excludes halogenated alkanes) is 1. The minimum Gasteiger partial charge on any atom is -0.480 e. The third-order valence-corrected chi connectivity index (χ3v) is 12.1. The van der Waals surface area contributed by atoms with Crippen molar-refractivity contribution in [2.45, 2.75) is 153 Å². The molecule has 1 aromatic carbocycles. The van der Waals surface area contributed by atoms with E-state index in [0.29, 0.717) is 24.2 Å². The number of hydrogen-bond acceptors (Lipinski definition) is 15. The molecule has 0 fully saturated rings. The Morgan fingerprint density at radius 2 is 1.05 bits per heavy atom. The summed E-state index contributed by atoms with van der Waals surface area (Å²) in [6, 6.07) is -2.10. The van der Waals surface area contributed by atoms with E-state index in [-0.39, 0.29) is 88.7 Å². The number of primary amides is 2. The molecule has 0 aliphatic rings. The smallest absolute Gasteiger partial charge is 0.326 e. The molecule has 8 atom stereocenters. The van der Waals surface area contributed by atoms with E-state index in [1.54, 1.807) is 64.3 Å². The third-order valence-electron chi connectivity index (χ3n) is 11.5. The van der Waals surface area contributed by atoms with Gasteiger partial charge in [-0.25, -0.2) is 4.79 Å². The van der Waals surface area contributed by atoms with Crippen molar-refractivity contribution in [3.63, 3.8) is 0 Å². The zero-order valence-electron chi connectivity index (χ0n) is 44.7. The molecule has 10 amide bonds. The Bertz CT molecular complexity index is 2150. The highest BCUT2D eigenvalue weighted by molar-refractivity contribution is 7.98. The summed E-state index contributed by atoms with van der Waals surface area (Å²) in [5, 5.41) is 30.3. The molecule has 21 N–H and O–H groups in total. The zero-order valence-corrected chi connectivity index (χ0v) is 45.5. The van der Waals surface area contributed by atoms with Crippen molar-refractivity contribution in [2.24, 2.45) is 51.2 Å². The van der Waals surface area contributed by atoms with Crippen LogP contribution in [-0.4, -0.2) is 156 Å². The van der Waals surface area contributed by atoms with Gasteiger partial charge in [0, 0.05) is 19.4 Å². The summed E-state index contributed by atoms with van der Waals surface area (Å²) in [6.07, 6.45) is 1.59. The number of carboxylic acids is 1. The fraction of sp³-hybridized carbons (Fsp3) is 0.633. The van der Waals surface area contributed by atoms with E-state index in [1.807, 2.05) is 0 Å². The average Bonchev–Trinajstić information content (AvgIpc) is 3.34. The molecule has 28 heteroatoms. The predicted octanol–water partition coefficient (Wildman–Crippen LogP) is -3.68. The number of rotatable bonds is 39. The molecule has 0 heterocycles. The minimum atomic E-state index is -1.48. The molecule has 0 aromatic heterocycles. The normalized spacial score (nSPS) is 14.1. The van der Waals surface area contributed by atoms with Crippen LogP contribution in [0.15, 0.2) is 35.3 Å². The van der Waals surface area contributed by atoms with Crippen LogP contribution in [0.5, 0.6) is 0 Å². The van der Waals surface area contributed by atoms with Crippen LogP contribution in [0.2, 0.25) is 0 Å². The molecule has 1 rings (SSSR count). The maximum Gasteiger partial charge on any atom is 0.326 e. The number of nitrogens with zero attached hydrogens (tertiary/aromatic N) is 1.